The molecule has 0 aliphatic heterocycles. The molecule has 5 N–H and O–H groups in total. The van der Waals surface area contributed by atoms with Gasteiger partial charge >= 0.3 is 29.6 Å². The zero-order valence-electron chi connectivity index (χ0n) is 6.23. The molecule has 0 aliphatic carbocycles. The average Bonchev–Trinajstić information content (AvgIpc) is 2.08. The summed E-state index contributed by atoms with van der Waals surface area (Å²) in [6.45, 7) is 0. The molecule has 66 valence electrons. The molecule has 7 nitrogen and oxygen atoms in total. The number of nitrogens with zero attached hydrogens (tertiary/aromatic N) is 1. The molecule has 9 heteroatoms. The summed E-state index contributed by atoms with van der Waals surface area (Å²) >= 11 is 0. The van der Waals surface area contributed by atoms with Crippen LogP contribution in [0.5, 0.6) is 0 Å². The third kappa shape index (κ3) is 4.83. The molecule has 1 heterocycles. The first-order chi connectivity index (χ1) is 4.11. The van der Waals surface area contributed by atoms with Gasteiger partial charge in [0, 0.05) is 6.20 Å². The van der Waals surface area contributed by atoms with E-state index >= 15 is 0 Å². The number of aromatic amines is 1. The molecule has 0 saturated heterocycles. The van der Waals surface area contributed by atoms with Crippen LogP contribution in [0.3, 0.4) is 0 Å². The van der Waals surface area contributed by atoms with Crippen molar-refractivity contribution in [2.24, 2.45) is 0 Å². The van der Waals surface area contributed by atoms with Crippen molar-refractivity contribution in [1.29, 1.82) is 0 Å². The molecule has 0 amide bonds. The second-order valence-corrected chi connectivity index (χ2v) is 2.77. The van der Waals surface area contributed by atoms with Crippen LogP contribution in [0.4, 0.5) is 0 Å². The Balaban J connectivity index is -0.000000270. The van der Waals surface area contributed by atoms with E-state index in [9.17, 15) is 13.0 Å². The quantitative estimate of drug-likeness (QED) is 0.360. The molecule has 1 rings (SSSR count). The van der Waals surface area contributed by atoms with Gasteiger partial charge in [-0.1, -0.05) is 0 Å². The van der Waals surface area contributed by atoms with Crippen molar-refractivity contribution >= 4 is 10.1 Å². The smallest absolute Gasteiger partial charge is 0.744 e. The Bertz CT molecular complexity index is 282. The number of hydrogen-bond acceptors (Lipinski definition) is 4. The zero-order chi connectivity index (χ0) is 6.91. The summed E-state index contributed by atoms with van der Waals surface area (Å²) in [7, 11) is -4.30. The molecule has 0 saturated carbocycles. The van der Waals surface area contributed by atoms with Crippen LogP contribution in [0.1, 0.15) is 0 Å². The van der Waals surface area contributed by atoms with E-state index < -0.39 is 10.1 Å². The SMILES string of the molecule is O.O.O=S(=O)([O-])c1cn[nH]c1.[Na+]. The van der Waals surface area contributed by atoms with Crippen LogP contribution in [0.15, 0.2) is 17.3 Å². The van der Waals surface area contributed by atoms with E-state index in [0.717, 1.165) is 12.4 Å². The number of H-pyrrole nitrogens is 1. The first kappa shape index (κ1) is 18.0. The van der Waals surface area contributed by atoms with Crippen molar-refractivity contribution in [3.63, 3.8) is 0 Å². The topological polar surface area (TPSA) is 149 Å². The Morgan fingerprint density at radius 3 is 2.08 bits per heavy atom. The first-order valence-electron chi connectivity index (χ1n) is 2.05. The van der Waals surface area contributed by atoms with Crippen molar-refractivity contribution in [3.05, 3.63) is 12.4 Å². The molecule has 1 aromatic heterocycles. The Kier molecular flexibility index (Phi) is 9.79. The van der Waals surface area contributed by atoms with Gasteiger partial charge in [-0.25, -0.2) is 8.42 Å². The van der Waals surface area contributed by atoms with Crippen LogP contribution in [-0.4, -0.2) is 34.1 Å². The summed E-state index contributed by atoms with van der Waals surface area (Å²) < 4.78 is 30.2. The van der Waals surface area contributed by atoms with E-state index in [2.05, 4.69) is 10.2 Å². The van der Waals surface area contributed by atoms with Crippen LogP contribution in [0.25, 0.3) is 0 Å². The van der Waals surface area contributed by atoms with Gasteiger partial charge in [0.05, 0.1) is 11.1 Å². The molecular formula is C3H7N2NaO5S. The Hall–Kier alpha value is 0.0400. The van der Waals surface area contributed by atoms with Gasteiger partial charge in [-0.2, -0.15) is 5.10 Å². The van der Waals surface area contributed by atoms with Crippen LogP contribution in [-0.2, 0) is 10.1 Å². The van der Waals surface area contributed by atoms with E-state index in [1.54, 1.807) is 0 Å². The normalized spacial score (nSPS) is 8.75. The molecule has 0 radical (unpaired) electrons. The Morgan fingerprint density at radius 2 is 1.92 bits per heavy atom. The van der Waals surface area contributed by atoms with Gasteiger partial charge < -0.3 is 15.5 Å². The standard InChI is InChI=1S/C3H4N2O3S.Na.2H2O/c6-9(7,8)3-1-4-5-2-3;;;/h1-2H,(H,4,5)(H,6,7,8);;2*1H2/q;+1;;/p-1. The predicted octanol–water partition coefficient (Wildman–Crippen LogP) is -5.33. The van der Waals surface area contributed by atoms with Gasteiger partial charge in [-0.3, -0.25) is 5.10 Å². The van der Waals surface area contributed by atoms with Gasteiger partial charge in [-0.05, 0) is 0 Å². The van der Waals surface area contributed by atoms with E-state index in [0.29, 0.717) is 0 Å². The van der Waals surface area contributed by atoms with Crippen LogP contribution in [0, 0.1) is 0 Å². The zero-order valence-corrected chi connectivity index (χ0v) is 9.05. The van der Waals surface area contributed by atoms with E-state index in [-0.39, 0.29) is 45.4 Å². The van der Waals surface area contributed by atoms with Gasteiger partial charge in [0.2, 0.25) is 0 Å². The van der Waals surface area contributed by atoms with Gasteiger partial charge in [0.15, 0.2) is 0 Å². The number of nitrogens with one attached hydrogen (secondary N) is 1. The Morgan fingerprint density at radius 1 is 1.42 bits per heavy atom. The molecule has 12 heavy (non-hydrogen) atoms. The van der Waals surface area contributed by atoms with Crippen molar-refractivity contribution < 1.29 is 53.5 Å². The summed E-state index contributed by atoms with van der Waals surface area (Å²) in [4.78, 5) is -0.331. The predicted molar refractivity (Wildman–Crippen MR) is 33.8 cm³/mol. The maximum Gasteiger partial charge on any atom is 1.00 e. The molecule has 0 aliphatic rings. The second kappa shape index (κ2) is 6.54. The van der Waals surface area contributed by atoms with Crippen molar-refractivity contribution in [1.82, 2.24) is 10.2 Å². The fourth-order valence-electron chi connectivity index (χ4n) is 0.376. The summed E-state index contributed by atoms with van der Waals surface area (Å²) in [5, 5.41) is 5.49. The fraction of sp³-hybridized carbons (Fsp3) is 0. The largest absolute Gasteiger partial charge is 1.00 e. The number of aromatic nitrogens is 2. The first-order valence-corrected chi connectivity index (χ1v) is 3.46. The van der Waals surface area contributed by atoms with Crippen molar-refractivity contribution in [3.8, 4) is 0 Å². The minimum atomic E-state index is -4.30. The van der Waals surface area contributed by atoms with Crippen LogP contribution in [0.2, 0.25) is 0 Å². The van der Waals surface area contributed by atoms with Crippen molar-refractivity contribution in [2.75, 3.05) is 0 Å². The summed E-state index contributed by atoms with van der Waals surface area (Å²) in [5.74, 6) is 0. The van der Waals surface area contributed by atoms with Crippen LogP contribution < -0.4 is 29.6 Å². The average molecular weight is 206 g/mol. The summed E-state index contributed by atoms with van der Waals surface area (Å²) in [5.41, 5.74) is 0. The van der Waals surface area contributed by atoms with Gasteiger partial charge in [0.25, 0.3) is 0 Å². The minimum Gasteiger partial charge on any atom is -0.744 e. The van der Waals surface area contributed by atoms with E-state index in [1.807, 2.05) is 0 Å². The third-order valence-electron chi connectivity index (χ3n) is 0.762. The van der Waals surface area contributed by atoms with E-state index in [4.69, 9.17) is 0 Å². The minimum absolute atomic E-state index is 0. The monoisotopic (exact) mass is 206 g/mol. The maximum atomic E-state index is 10.1. The summed E-state index contributed by atoms with van der Waals surface area (Å²) in [6, 6.07) is 0. The third-order valence-corrected chi connectivity index (χ3v) is 1.56. The Labute approximate surface area is 90.8 Å². The fourth-order valence-corrected chi connectivity index (χ4v) is 0.755. The van der Waals surface area contributed by atoms with Crippen LogP contribution >= 0.6 is 0 Å². The van der Waals surface area contributed by atoms with Gasteiger partial charge in [0.1, 0.15) is 10.1 Å². The molecule has 0 bridgehead atoms. The molecule has 0 unspecified atom stereocenters. The number of hydrogen-bond donors (Lipinski definition) is 1. The van der Waals surface area contributed by atoms with E-state index in [1.165, 1.54) is 0 Å². The second-order valence-electron chi connectivity index (χ2n) is 1.39. The molecule has 1 aromatic rings. The van der Waals surface area contributed by atoms with Crippen molar-refractivity contribution in [2.45, 2.75) is 4.90 Å². The molecule has 0 aromatic carbocycles. The molecule has 0 spiro atoms. The maximum absolute atomic E-state index is 10.1. The number of rotatable bonds is 1. The molecule has 0 fully saturated rings. The van der Waals surface area contributed by atoms with Gasteiger partial charge in [-0.15, -0.1) is 0 Å². The summed E-state index contributed by atoms with van der Waals surface area (Å²) in [6.07, 6.45) is 1.99. The molecule has 0 atom stereocenters. The molecular weight excluding hydrogens is 199 g/mol.